The Hall–Kier alpha value is -3.43. The smallest absolute Gasteiger partial charge is 0.308 e. The van der Waals surface area contributed by atoms with Crippen molar-refractivity contribution in [1.82, 2.24) is 30.4 Å². The number of thiazole rings is 2. The molecular weight excluding hydrogens is 705 g/mol. The number of likely N-dealkylation sites (tertiary alicyclic amines) is 1. The fourth-order valence-corrected chi connectivity index (χ4v) is 8.67. The second-order valence-corrected chi connectivity index (χ2v) is 16.7. The van der Waals surface area contributed by atoms with Crippen LogP contribution < -0.4 is 10.6 Å². The number of nitrogens with zero attached hydrogens (tertiary/aromatic N) is 4. The summed E-state index contributed by atoms with van der Waals surface area (Å²) in [6.45, 7) is 9.99. The highest BCUT2D eigenvalue weighted by Crippen LogP contribution is 2.39. The Morgan fingerprint density at radius 1 is 1.04 bits per heavy atom. The van der Waals surface area contributed by atoms with Gasteiger partial charge in [-0.05, 0) is 63.5 Å². The van der Waals surface area contributed by atoms with Gasteiger partial charge in [-0.15, -0.1) is 22.7 Å². The van der Waals surface area contributed by atoms with Crippen molar-refractivity contribution in [2.75, 3.05) is 27.7 Å². The number of carbonyl (C=O) groups is 5. The van der Waals surface area contributed by atoms with Gasteiger partial charge in [0.1, 0.15) is 16.7 Å². The Bertz CT molecular complexity index is 1510. The molecule has 0 unspecified atom stereocenters. The summed E-state index contributed by atoms with van der Waals surface area (Å²) >= 11 is 2.67. The minimum absolute atomic E-state index is 0.0278. The molecule has 52 heavy (non-hydrogen) atoms. The van der Waals surface area contributed by atoms with Crippen LogP contribution in [0.3, 0.4) is 0 Å². The lowest BCUT2D eigenvalue weighted by Gasteiger charge is -2.38. The number of rotatable bonds is 18. The van der Waals surface area contributed by atoms with E-state index in [1.54, 1.807) is 30.4 Å². The van der Waals surface area contributed by atoms with Crippen LogP contribution in [0.1, 0.15) is 106 Å². The molecule has 288 valence electrons. The number of piperidine rings is 1. The van der Waals surface area contributed by atoms with Crippen molar-refractivity contribution in [2.24, 2.45) is 23.7 Å². The molecule has 4 rings (SSSR count). The van der Waals surface area contributed by atoms with Gasteiger partial charge in [-0.3, -0.25) is 28.9 Å². The first-order chi connectivity index (χ1) is 24.7. The third-order valence-electron chi connectivity index (χ3n) is 10.4. The molecule has 1 aliphatic carbocycles. The first-order valence-electron chi connectivity index (χ1n) is 18.4. The van der Waals surface area contributed by atoms with E-state index in [9.17, 15) is 24.0 Å². The second kappa shape index (κ2) is 19.1. The zero-order valence-corrected chi connectivity index (χ0v) is 33.4. The molecule has 3 amide bonds. The number of hydrogen-bond donors (Lipinski definition) is 2. The van der Waals surface area contributed by atoms with Crippen LogP contribution in [0.15, 0.2) is 17.0 Å². The van der Waals surface area contributed by atoms with Gasteiger partial charge in [0.15, 0.2) is 6.10 Å². The molecular formula is C37H56N6O7S2. The van der Waals surface area contributed by atoms with E-state index in [-0.39, 0.29) is 53.8 Å². The maximum Gasteiger partial charge on any atom is 0.308 e. The van der Waals surface area contributed by atoms with Crippen LogP contribution in [-0.4, -0.2) is 101 Å². The molecule has 0 bridgehead atoms. The lowest BCUT2D eigenvalue weighted by atomic mass is 9.91. The van der Waals surface area contributed by atoms with E-state index in [0.29, 0.717) is 23.8 Å². The Labute approximate surface area is 315 Å². The number of ether oxygens (including phenoxy) is 2. The van der Waals surface area contributed by atoms with E-state index in [1.807, 2.05) is 33.2 Å². The average molecular weight is 761 g/mol. The summed E-state index contributed by atoms with van der Waals surface area (Å²) in [5.41, 5.74) is 0.159. The van der Waals surface area contributed by atoms with Crippen LogP contribution in [-0.2, 0) is 35.1 Å². The van der Waals surface area contributed by atoms with E-state index in [1.165, 1.54) is 36.7 Å². The zero-order valence-electron chi connectivity index (χ0n) is 31.8. The molecule has 2 aliphatic rings. The molecule has 1 saturated carbocycles. The Morgan fingerprint density at radius 2 is 1.77 bits per heavy atom. The summed E-state index contributed by atoms with van der Waals surface area (Å²) in [7, 11) is 5.05. The second-order valence-electron chi connectivity index (χ2n) is 14.8. The van der Waals surface area contributed by atoms with Crippen molar-refractivity contribution in [3.8, 4) is 0 Å². The molecule has 13 nitrogen and oxygen atoms in total. The monoisotopic (exact) mass is 760 g/mol. The van der Waals surface area contributed by atoms with E-state index >= 15 is 0 Å². The zero-order chi connectivity index (χ0) is 38.1. The SMILES string of the molecule is COC(=O)[C@@H](C)C[C@H](Cc1nccs1)NC(=O)c1csc([C@@H](C[C@H](C(C)C)N(C)C(=O)[C@@H](NC(=O)[C@H]2CCCCN2C)[C@@H](C)C2CC2)OC(C)=O)n1. The quantitative estimate of drug-likeness (QED) is 0.205. The maximum absolute atomic E-state index is 14.3. The first kappa shape index (κ1) is 41.3. The summed E-state index contributed by atoms with van der Waals surface area (Å²) < 4.78 is 10.7. The van der Waals surface area contributed by atoms with Crippen molar-refractivity contribution in [1.29, 1.82) is 0 Å². The van der Waals surface area contributed by atoms with Gasteiger partial charge >= 0.3 is 11.9 Å². The van der Waals surface area contributed by atoms with Gasteiger partial charge in [0.2, 0.25) is 11.8 Å². The molecule has 2 N–H and O–H groups in total. The van der Waals surface area contributed by atoms with E-state index < -0.39 is 36.0 Å². The molecule has 1 aliphatic heterocycles. The van der Waals surface area contributed by atoms with Crippen LogP contribution in [0.2, 0.25) is 0 Å². The molecule has 2 aromatic rings. The molecule has 2 fully saturated rings. The van der Waals surface area contributed by atoms with Crippen molar-refractivity contribution in [3.63, 3.8) is 0 Å². The molecule has 0 radical (unpaired) electrons. The highest BCUT2D eigenvalue weighted by Gasteiger charge is 2.42. The van der Waals surface area contributed by atoms with Gasteiger partial charge in [0.25, 0.3) is 5.91 Å². The highest BCUT2D eigenvalue weighted by atomic mass is 32.1. The number of hydrogen-bond acceptors (Lipinski definition) is 12. The predicted molar refractivity (Wildman–Crippen MR) is 200 cm³/mol. The van der Waals surface area contributed by atoms with Crippen molar-refractivity contribution in [3.05, 3.63) is 32.7 Å². The number of aromatic nitrogens is 2. The van der Waals surface area contributed by atoms with E-state index in [0.717, 1.165) is 43.7 Å². The number of esters is 2. The fraction of sp³-hybridized carbons (Fsp3) is 0.703. The van der Waals surface area contributed by atoms with Crippen molar-refractivity contribution >= 4 is 52.3 Å². The average Bonchev–Trinajstić information content (AvgIpc) is 3.60. The summed E-state index contributed by atoms with van der Waals surface area (Å²) in [6, 6.07) is -1.71. The molecule has 1 saturated heterocycles. The largest absolute Gasteiger partial charge is 0.469 e. The van der Waals surface area contributed by atoms with Crippen molar-refractivity contribution < 1.29 is 33.4 Å². The number of nitrogens with one attached hydrogen (secondary N) is 2. The van der Waals surface area contributed by atoms with E-state index in [2.05, 4.69) is 25.5 Å². The van der Waals surface area contributed by atoms with Gasteiger partial charge < -0.3 is 25.0 Å². The summed E-state index contributed by atoms with van der Waals surface area (Å²) in [5.74, 6) is -1.71. The molecule has 0 aromatic carbocycles. The highest BCUT2D eigenvalue weighted by molar-refractivity contribution is 7.10. The Morgan fingerprint density at radius 3 is 2.37 bits per heavy atom. The maximum atomic E-state index is 14.3. The van der Waals surface area contributed by atoms with Gasteiger partial charge in [0, 0.05) is 55.9 Å². The van der Waals surface area contributed by atoms with Crippen LogP contribution >= 0.6 is 22.7 Å². The van der Waals surface area contributed by atoms with Crippen LogP contribution in [0.4, 0.5) is 0 Å². The standard InChI is InChI=1S/C37H56N6O7S2/c1-21(2)29(43(7)36(47)32(23(4)25-12-13-25)41-34(46)28-11-9-10-15-42(28)6)19-30(50-24(5)44)35-40-27(20-52-35)33(45)39-26(17-22(3)37(48)49-8)18-31-38-14-16-51-31/h14,16,20-23,25-26,28-30,32H,9-13,15,17-19H2,1-8H3,(H,39,45)(H,41,46)/t22-,23-,26+,28+,29+,30+,32-/m0/s1. The van der Waals surface area contributed by atoms with Crippen LogP contribution in [0, 0.1) is 23.7 Å². The summed E-state index contributed by atoms with van der Waals surface area (Å²) in [5, 5.41) is 10.9. The molecule has 0 spiro atoms. The van der Waals surface area contributed by atoms with Crippen LogP contribution in [0.25, 0.3) is 0 Å². The fourth-order valence-electron chi connectivity index (χ4n) is 7.13. The van der Waals surface area contributed by atoms with E-state index in [4.69, 9.17) is 9.47 Å². The molecule has 15 heteroatoms. The Kier molecular flexibility index (Phi) is 15.1. The lowest BCUT2D eigenvalue weighted by Crippen LogP contribution is -2.58. The van der Waals surface area contributed by atoms with Gasteiger partial charge in [0.05, 0.1) is 24.1 Å². The summed E-state index contributed by atoms with van der Waals surface area (Å²) in [6.07, 6.45) is 6.78. The number of likely N-dealkylation sites (N-methyl/N-ethyl adjacent to an activating group) is 2. The van der Waals surface area contributed by atoms with Gasteiger partial charge in [-0.25, -0.2) is 9.97 Å². The normalized spacial score (nSPS) is 19.8. The topological polar surface area (TPSA) is 160 Å². The summed E-state index contributed by atoms with van der Waals surface area (Å²) in [4.78, 5) is 78.7. The predicted octanol–water partition coefficient (Wildman–Crippen LogP) is 4.63. The number of carbonyl (C=O) groups excluding carboxylic acids is 5. The minimum atomic E-state index is -0.818. The lowest BCUT2D eigenvalue weighted by molar-refractivity contribution is -0.149. The third-order valence-corrected chi connectivity index (χ3v) is 12.2. The third kappa shape index (κ3) is 11.3. The van der Waals surface area contributed by atoms with Crippen LogP contribution in [0.5, 0.6) is 0 Å². The minimum Gasteiger partial charge on any atom is -0.469 e. The first-order valence-corrected chi connectivity index (χ1v) is 20.1. The van der Waals surface area contributed by atoms with Gasteiger partial charge in [-0.1, -0.05) is 34.1 Å². The number of methoxy groups -OCH3 is 1. The Balaban J connectivity index is 1.51. The number of amides is 3. The van der Waals surface area contributed by atoms with Crippen molar-refractivity contribution in [2.45, 2.75) is 116 Å². The van der Waals surface area contributed by atoms with Gasteiger partial charge in [-0.2, -0.15) is 0 Å². The molecule has 7 atom stereocenters. The molecule has 3 heterocycles. The molecule has 2 aromatic heterocycles.